The first-order valence-electron chi connectivity index (χ1n) is 11.2. The topological polar surface area (TPSA) is 55.8 Å². The third kappa shape index (κ3) is 6.50. The molecular formula is C27H34ClFO4. The van der Waals surface area contributed by atoms with Crippen molar-refractivity contribution in [1.29, 1.82) is 0 Å². The van der Waals surface area contributed by atoms with Crippen LogP contribution in [0.3, 0.4) is 0 Å². The number of hydrogen-bond donors (Lipinski definition) is 1. The van der Waals surface area contributed by atoms with Crippen LogP contribution in [0.25, 0.3) is 11.1 Å². The molecule has 1 aliphatic heterocycles. The number of rotatable bonds is 8. The van der Waals surface area contributed by atoms with Gasteiger partial charge >= 0.3 is 5.97 Å². The number of carboxylic acids is 1. The van der Waals surface area contributed by atoms with Crippen molar-refractivity contribution in [3.05, 3.63) is 57.9 Å². The van der Waals surface area contributed by atoms with E-state index >= 15 is 4.39 Å². The number of benzene rings is 1. The van der Waals surface area contributed by atoms with Crippen molar-refractivity contribution in [3.8, 4) is 11.5 Å². The number of carboxylic acid groups (broad SMARTS) is 1. The molecule has 1 N–H and O–H groups in total. The highest BCUT2D eigenvalue weighted by Gasteiger charge is 2.33. The molecule has 33 heavy (non-hydrogen) atoms. The summed E-state index contributed by atoms with van der Waals surface area (Å²) in [4.78, 5) is 10.9. The van der Waals surface area contributed by atoms with E-state index in [0.29, 0.717) is 39.7 Å². The van der Waals surface area contributed by atoms with Gasteiger partial charge in [0.15, 0.2) is 5.75 Å². The maximum Gasteiger partial charge on any atom is 0.328 e. The number of allylic oxidation sites excluding steroid dienone is 6. The molecule has 0 aromatic heterocycles. The lowest BCUT2D eigenvalue weighted by Gasteiger charge is -2.34. The molecule has 1 aliphatic rings. The van der Waals surface area contributed by atoms with E-state index in [-0.39, 0.29) is 12.0 Å². The smallest absolute Gasteiger partial charge is 0.328 e. The van der Waals surface area contributed by atoms with Gasteiger partial charge in [-0.15, -0.1) is 0 Å². The Kier molecular flexibility index (Phi) is 8.58. The highest BCUT2D eigenvalue weighted by Crippen LogP contribution is 2.51. The Hall–Kier alpha value is -2.53. The number of fused-ring (bicyclic) bond motifs is 1. The highest BCUT2D eigenvalue weighted by atomic mass is 35.5. The van der Waals surface area contributed by atoms with E-state index in [1.165, 1.54) is 12.2 Å². The lowest BCUT2D eigenvalue weighted by atomic mass is 9.85. The van der Waals surface area contributed by atoms with E-state index < -0.39 is 17.4 Å². The predicted molar refractivity (Wildman–Crippen MR) is 134 cm³/mol. The minimum Gasteiger partial charge on any atom is -0.489 e. The molecule has 1 aromatic carbocycles. The van der Waals surface area contributed by atoms with Gasteiger partial charge in [0.1, 0.15) is 22.2 Å². The van der Waals surface area contributed by atoms with Gasteiger partial charge in [-0.1, -0.05) is 38.4 Å². The van der Waals surface area contributed by atoms with Crippen LogP contribution in [0, 0.1) is 5.92 Å². The van der Waals surface area contributed by atoms with Crippen molar-refractivity contribution in [3.63, 3.8) is 0 Å². The molecule has 1 heterocycles. The van der Waals surface area contributed by atoms with Crippen LogP contribution in [0.1, 0.15) is 72.9 Å². The van der Waals surface area contributed by atoms with Gasteiger partial charge < -0.3 is 14.6 Å². The summed E-state index contributed by atoms with van der Waals surface area (Å²) in [6.07, 6.45) is 6.01. The Morgan fingerprint density at radius 1 is 1.27 bits per heavy atom. The highest BCUT2D eigenvalue weighted by molar-refractivity contribution is 6.34. The van der Waals surface area contributed by atoms with E-state index in [0.717, 1.165) is 17.2 Å². The fourth-order valence-electron chi connectivity index (χ4n) is 3.76. The number of carbonyl (C=O) groups is 1. The zero-order chi connectivity index (χ0) is 25.1. The van der Waals surface area contributed by atoms with Crippen molar-refractivity contribution in [2.45, 2.75) is 73.5 Å². The monoisotopic (exact) mass is 476 g/mol. The largest absolute Gasteiger partial charge is 0.489 e. The van der Waals surface area contributed by atoms with E-state index in [9.17, 15) is 4.79 Å². The summed E-state index contributed by atoms with van der Waals surface area (Å²) >= 11 is 6.85. The number of hydrogen-bond acceptors (Lipinski definition) is 3. The maximum absolute atomic E-state index is 15.4. The standard InChI is InChI=1S/C27H34ClFO4/c1-9-18(22(29)11-10-17(6)12-23(30)31)19-13-20-21(15(2)3)14-27(7,8)33-26(20)24(28)25(19)32-16(4)5/h10-16H,9H2,1-8H3,(H,30,31). The molecule has 6 heteroatoms. The van der Waals surface area contributed by atoms with Gasteiger partial charge in [0.25, 0.3) is 0 Å². The van der Waals surface area contributed by atoms with Gasteiger partial charge in [-0.25, -0.2) is 9.18 Å². The second-order valence-corrected chi connectivity index (χ2v) is 9.69. The zero-order valence-electron chi connectivity index (χ0n) is 20.7. The molecule has 180 valence electrons. The third-order valence-corrected chi connectivity index (χ3v) is 5.49. The summed E-state index contributed by atoms with van der Waals surface area (Å²) in [5.41, 5.74) is 2.76. The number of aliphatic carboxylic acids is 1. The second-order valence-electron chi connectivity index (χ2n) is 9.31. The quantitative estimate of drug-likeness (QED) is 0.305. The zero-order valence-corrected chi connectivity index (χ0v) is 21.4. The van der Waals surface area contributed by atoms with Gasteiger partial charge in [0.05, 0.1) is 6.10 Å². The van der Waals surface area contributed by atoms with Crippen molar-refractivity contribution in [2.24, 2.45) is 5.92 Å². The van der Waals surface area contributed by atoms with Crippen LogP contribution >= 0.6 is 11.6 Å². The minimum atomic E-state index is -1.08. The SMILES string of the molecule is CCC(=C(F)C=CC(C)=CC(=O)O)c1cc2c(c(Cl)c1OC(C)C)OC(C)(C)C=C2C(C)C. The maximum atomic E-state index is 15.4. The molecule has 2 rings (SSSR count). The fraction of sp³-hybridized carbons (Fsp3) is 0.444. The summed E-state index contributed by atoms with van der Waals surface area (Å²) in [6, 6.07) is 1.90. The van der Waals surface area contributed by atoms with Crippen LogP contribution in [-0.4, -0.2) is 22.8 Å². The molecule has 0 saturated heterocycles. The van der Waals surface area contributed by atoms with Crippen molar-refractivity contribution >= 4 is 28.7 Å². The molecule has 0 atom stereocenters. The Balaban J connectivity index is 2.80. The lowest BCUT2D eigenvalue weighted by Crippen LogP contribution is -2.30. The molecule has 0 fully saturated rings. The number of ether oxygens (including phenoxy) is 2. The van der Waals surface area contributed by atoms with Gasteiger partial charge in [0.2, 0.25) is 0 Å². The van der Waals surface area contributed by atoms with E-state index in [1.54, 1.807) is 6.92 Å². The van der Waals surface area contributed by atoms with Crippen molar-refractivity contribution < 1.29 is 23.8 Å². The Labute approximate surface area is 201 Å². The minimum absolute atomic E-state index is 0.187. The first-order chi connectivity index (χ1) is 15.3. The van der Waals surface area contributed by atoms with E-state index in [4.69, 9.17) is 26.2 Å². The molecule has 0 amide bonds. The summed E-state index contributed by atoms with van der Waals surface area (Å²) in [5, 5.41) is 9.21. The van der Waals surface area contributed by atoms with Gasteiger partial charge in [0, 0.05) is 17.2 Å². The Morgan fingerprint density at radius 3 is 2.42 bits per heavy atom. The van der Waals surface area contributed by atoms with E-state index in [1.807, 2.05) is 40.7 Å². The molecule has 0 spiro atoms. The molecule has 0 bridgehead atoms. The fourth-order valence-corrected chi connectivity index (χ4v) is 4.05. The van der Waals surface area contributed by atoms with Crippen LogP contribution in [0.2, 0.25) is 5.02 Å². The lowest BCUT2D eigenvalue weighted by molar-refractivity contribution is -0.131. The summed E-state index contributed by atoms with van der Waals surface area (Å²) < 4.78 is 27.7. The van der Waals surface area contributed by atoms with Gasteiger partial charge in [-0.2, -0.15) is 0 Å². The first-order valence-corrected chi connectivity index (χ1v) is 11.6. The second kappa shape index (κ2) is 10.6. The molecule has 0 aliphatic carbocycles. The van der Waals surface area contributed by atoms with Crippen LogP contribution in [0.5, 0.6) is 11.5 Å². The van der Waals surface area contributed by atoms with Crippen LogP contribution in [0.15, 0.2) is 41.8 Å². The molecule has 0 saturated carbocycles. The molecule has 0 radical (unpaired) electrons. The van der Waals surface area contributed by atoms with Crippen molar-refractivity contribution in [2.75, 3.05) is 0 Å². The summed E-state index contributed by atoms with van der Waals surface area (Å²) in [7, 11) is 0. The van der Waals surface area contributed by atoms with Crippen molar-refractivity contribution in [1.82, 2.24) is 0 Å². The van der Waals surface area contributed by atoms with Gasteiger partial charge in [-0.3, -0.25) is 0 Å². The normalized spacial score (nSPS) is 16.5. The summed E-state index contributed by atoms with van der Waals surface area (Å²) in [5.74, 6) is -0.437. The molecular weight excluding hydrogens is 443 g/mol. The average Bonchev–Trinajstić information content (AvgIpc) is 2.68. The molecule has 4 nitrogen and oxygen atoms in total. The molecule has 1 aromatic rings. The first kappa shape index (κ1) is 26.7. The molecule has 0 unspecified atom stereocenters. The van der Waals surface area contributed by atoms with Crippen LogP contribution in [0.4, 0.5) is 4.39 Å². The predicted octanol–water partition coefficient (Wildman–Crippen LogP) is 8.02. The van der Waals surface area contributed by atoms with Gasteiger partial charge in [-0.05, 0) is 81.9 Å². The van der Waals surface area contributed by atoms with Crippen LogP contribution in [-0.2, 0) is 4.79 Å². The Bertz CT molecular complexity index is 1040. The average molecular weight is 477 g/mol. The summed E-state index contributed by atoms with van der Waals surface area (Å²) in [6.45, 7) is 15.4. The Morgan fingerprint density at radius 2 is 1.91 bits per heavy atom. The number of halogens is 2. The van der Waals surface area contributed by atoms with E-state index in [2.05, 4.69) is 19.9 Å². The van der Waals surface area contributed by atoms with Crippen LogP contribution < -0.4 is 9.47 Å². The third-order valence-electron chi connectivity index (χ3n) is 5.14.